The first kappa shape index (κ1) is 29.9. The molecule has 7 nitrogen and oxygen atoms in total. The lowest BCUT2D eigenvalue weighted by Gasteiger charge is -2.06. The Morgan fingerprint density at radius 2 is 1.42 bits per heavy atom. The third-order valence-corrected chi connectivity index (χ3v) is 7.51. The number of rotatable bonds is 20. The highest BCUT2D eigenvalue weighted by Gasteiger charge is 2.17. The number of aromatic nitrogens is 5. The van der Waals surface area contributed by atoms with Gasteiger partial charge in [0.05, 0.1) is 17.6 Å². The van der Waals surface area contributed by atoms with Crippen molar-refractivity contribution in [3.63, 3.8) is 0 Å². The minimum atomic E-state index is -0.105. The molecule has 3 aromatic heterocycles. The molecule has 0 saturated heterocycles. The van der Waals surface area contributed by atoms with Gasteiger partial charge >= 0.3 is 0 Å². The lowest BCUT2D eigenvalue weighted by molar-refractivity contribution is 0.0954. The Balaban J connectivity index is 1.26. The topological polar surface area (TPSA) is 77.1 Å². The van der Waals surface area contributed by atoms with E-state index in [0.717, 1.165) is 36.3 Å². The van der Waals surface area contributed by atoms with E-state index in [1.807, 2.05) is 23.9 Å². The molecule has 38 heavy (non-hydrogen) atoms. The molecular weight excluding hydrogens is 472 g/mol. The highest BCUT2D eigenvalue weighted by molar-refractivity contribution is 5.99. The molecule has 0 atom stereocenters. The van der Waals surface area contributed by atoms with E-state index in [0.29, 0.717) is 17.8 Å². The molecule has 0 bridgehead atoms. The number of carbonyl (C=O) groups is 1. The molecule has 0 aromatic carbocycles. The molecule has 1 amide bonds. The number of hydrogen-bond donors (Lipinski definition) is 1. The largest absolute Gasteiger partial charge is 0.352 e. The predicted octanol–water partition coefficient (Wildman–Crippen LogP) is 7.91. The summed E-state index contributed by atoms with van der Waals surface area (Å²) in [5.74, 6) is -0.105. The summed E-state index contributed by atoms with van der Waals surface area (Å²) in [7, 11) is 0. The van der Waals surface area contributed by atoms with Crippen LogP contribution in [0.3, 0.4) is 0 Å². The monoisotopic (exact) mass is 522 g/mol. The van der Waals surface area contributed by atoms with Crippen LogP contribution >= 0.6 is 0 Å². The van der Waals surface area contributed by atoms with Crippen molar-refractivity contribution < 1.29 is 4.79 Å². The summed E-state index contributed by atoms with van der Waals surface area (Å²) >= 11 is 0. The van der Waals surface area contributed by atoms with Crippen LogP contribution in [0.2, 0.25) is 0 Å². The summed E-state index contributed by atoms with van der Waals surface area (Å²) in [5, 5.41) is 12.1. The number of nitrogens with zero attached hydrogens (tertiary/aromatic N) is 5. The van der Waals surface area contributed by atoms with Gasteiger partial charge in [-0.05, 0) is 26.3 Å². The second kappa shape index (κ2) is 17.0. The van der Waals surface area contributed by atoms with Gasteiger partial charge < -0.3 is 5.32 Å². The molecule has 0 unspecified atom stereocenters. The molecule has 0 radical (unpaired) electrons. The van der Waals surface area contributed by atoms with Gasteiger partial charge in [0.15, 0.2) is 5.65 Å². The van der Waals surface area contributed by atoms with E-state index in [2.05, 4.69) is 34.3 Å². The van der Waals surface area contributed by atoms with Crippen molar-refractivity contribution in [2.75, 3.05) is 6.54 Å². The molecule has 0 spiro atoms. The predicted molar refractivity (Wildman–Crippen MR) is 156 cm³/mol. The quantitative estimate of drug-likeness (QED) is 0.153. The van der Waals surface area contributed by atoms with E-state index in [1.165, 1.54) is 89.9 Å². The third kappa shape index (κ3) is 9.25. The van der Waals surface area contributed by atoms with Gasteiger partial charge in [0.25, 0.3) is 5.91 Å². The van der Waals surface area contributed by atoms with Gasteiger partial charge in [0.1, 0.15) is 5.56 Å². The molecule has 3 heterocycles. The molecule has 0 fully saturated rings. The van der Waals surface area contributed by atoms with Crippen molar-refractivity contribution in [1.82, 2.24) is 29.7 Å². The minimum Gasteiger partial charge on any atom is -0.352 e. The molecule has 210 valence electrons. The van der Waals surface area contributed by atoms with Crippen LogP contribution < -0.4 is 5.32 Å². The van der Waals surface area contributed by atoms with Gasteiger partial charge in [-0.25, -0.2) is 9.50 Å². The number of hydrogen-bond acceptors (Lipinski definition) is 4. The fourth-order valence-corrected chi connectivity index (χ4v) is 5.16. The van der Waals surface area contributed by atoms with Crippen LogP contribution in [0.4, 0.5) is 0 Å². The highest BCUT2D eigenvalue weighted by Crippen LogP contribution is 2.24. The zero-order valence-electron chi connectivity index (χ0n) is 24.2. The Labute approximate surface area is 229 Å². The Kier molecular flexibility index (Phi) is 13.4. The Hall–Kier alpha value is -2.70. The minimum absolute atomic E-state index is 0.105. The van der Waals surface area contributed by atoms with Gasteiger partial charge in [-0.2, -0.15) is 10.2 Å². The SMILES string of the molecule is CCCCCCCCCCCCCCCCCCNC(=O)c1cnn2c(-c3cn(CC)nc3C)ccnc12. The maximum atomic E-state index is 12.8. The first-order valence-electron chi connectivity index (χ1n) is 15.3. The summed E-state index contributed by atoms with van der Waals surface area (Å²) in [6.45, 7) is 7.83. The van der Waals surface area contributed by atoms with E-state index < -0.39 is 0 Å². The normalized spacial score (nSPS) is 11.4. The maximum absolute atomic E-state index is 12.8. The molecule has 3 aromatic rings. The van der Waals surface area contributed by atoms with Gasteiger partial charge in [-0.3, -0.25) is 9.48 Å². The average Bonchev–Trinajstić information content (AvgIpc) is 3.53. The van der Waals surface area contributed by atoms with Crippen LogP contribution in [0, 0.1) is 6.92 Å². The Bertz CT molecular complexity index is 1090. The summed E-state index contributed by atoms with van der Waals surface area (Å²) < 4.78 is 3.65. The van der Waals surface area contributed by atoms with E-state index in [-0.39, 0.29) is 5.91 Å². The molecule has 7 heteroatoms. The standard InChI is InChI=1S/C31H50N6O/c1-4-6-7-8-9-10-11-12-13-14-15-16-17-18-19-20-22-33-31(38)27-24-34-37-29(21-23-32-30(27)37)28-25-36(5-2)35-26(28)3/h21,23-25H,4-20,22H2,1-3H3,(H,33,38). The molecule has 0 aliphatic heterocycles. The van der Waals surface area contributed by atoms with Gasteiger partial charge in [0.2, 0.25) is 0 Å². The van der Waals surface area contributed by atoms with E-state index in [9.17, 15) is 4.79 Å². The summed E-state index contributed by atoms with van der Waals surface area (Å²) in [5.41, 5.74) is 3.93. The smallest absolute Gasteiger partial charge is 0.256 e. The summed E-state index contributed by atoms with van der Waals surface area (Å²) in [6.07, 6.45) is 26.9. The van der Waals surface area contributed by atoms with Crippen LogP contribution in [-0.2, 0) is 6.54 Å². The fourth-order valence-electron chi connectivity index (χ4n) is 5.16. The molecule has 0 aliphatic rings. The first-order valence-corrected chi connectivity index (χ1v) is 15.3. The van der Waals surface area contributed by atoms with Crippen molar-refractivity contribution in [3.05, 3.63) is 35.9 Å². The molecule has 1 N–H and O–H groups in total. The highest BCUT2D eigenvalue weighted by atomic mass is 16.1. The van der Waals surface area contributed by atoms with E-state index >= 15 is 0 Å². The first-order chi connectivity index (χ1) is 18.7. The van der Waals surface area contributed by atoms with E-state index in [4.69, 9.17) is 0 Å². The van der Waals surface area contributed by atoms with Gasteiger partial charge in [-0.15, -0.1) is 0 Å². The molecular formula is C31H50N6O. The number of unbranched alkanes of at least 4 members (excludes halogenated alkanes) is 15. The van der Waals surface area contributed by atoms with E-state index in [1.54, 1.807) is 16.9 Å². The number of nitrogens with one attached hydrogen (secondary N) is 1. The van der Waals surface area contributed by atoms with Crippen molar-refractivity contribution in [2.45, 2.75) is 130 Å². The van der Waals surface area contributed by atoms with Crippen molar-refractivity contribution in [2.24, 2.45) is 0 Å². The van der Waals surface area contributed by atoms with Crippen molar-refractivity contribution in [3.8, 4) is 11.3 Å². The zero-order valence-corrected chi connectivity index (χ0v) is 24.2. The van der Waals surface area contributed by atoms with Crippen molar-refractivity contribution in [1.29, 1.82) is 0 Å². The van der Waals surface area contributed by atoms with Crippen LogP contribution in [0.5, 0.6) is 0 Å². The van der Waals surface area contributed by atoms with Crippen LogP contribution in [-0.4, -0.2) is 36.8 Å². The number of aryl methyl sites for hydroxylation is 2. The zero-order chi connectivity index (χ0) is 27.0. The third-order valence-electron chi connectivity index (χ3n) is 7.51. The second-order valence-electron chi connectivity index (χ2n) is 10.7. The Morgan fingerprint density at radius 3 is 1.97 bits per heavy atom. The summed E-state index contributed by atoms with van der Waals surface area (Å²) in [4.78, 5) is 17.3. The van der Waals surface area contributed by atoms with Crippen molar-refractivity contribution >= 4 is 11.6 Å². The number of carbonyl (C=O) groups excluding carboxylic acids is 1. The lowest BCUT2D eigenvalue weighted by Crippen LogP contribution is -2.24. The van der Waals surface area contributed by atoms with Gasteiger partial charge in [-0.1, -0.05) is 103 Å². The molecule has 0 saturated carbocycles. The number of fused-ring (bicyclic) bond motifs is 1. The lowest BCUT2D eigenvalue weighted by atomic mass is 10.0. The van der Waals surface area contributed by atoms with Crippen LogP contribution in [0.25, 0.3) is 16.9 Å². The average molecular weight is 523 g/mol. The molecule has 0 aliphatic carbocycles. The number of amides is 1. The van der Waals surface area contributed by atoms with Crippen LogP contribution in [0.1, 0.15) is 133 Å². The molecule has 3 rings (SSSR count). The Morgan fingerprint density at radius 1 is 0.842 bits per heavy atom. The maximum Gasteiger partial charge on any atom is 0.256 e. The summed E-state index contributed by atoms with van der Waals surface area (Å²) in [6, 6.07) is 1.92. The van der Waals surface area contributed by atoms with Crippen LogP contribution in [0.15, 0.2) is 24.7 Å². The second-order valence-corrected chi connectivity index (χ2v) is 10.7. The van der Waals surface area contributed by atoms with Gasteiger partial charge in [0, 0.05) is 31.0 Å². The fraction of sp³-hybridized carbons (Fsp3) is 0.677.